The first-order valence-corrected chi connectivity index (χ1v) is 12.0. The second-order valence-corrected chi connectivity index (χ2v) is 8.46. The fourth-order valence-corrected chi connectivity index (χ4v) is 3.58. The maximum absolute atomic E-state index is 11.5. The van der Waals surface area contributed by atoms with E-state index in [2.05, 4.69) is 40.9 Å². The molecule has 0 aliphatic heterocycles. The molecule has 8 nitrogen and oxygen atoms in total. The van der Waals surface area contributed by atoms with Crippen LogP contribution in [0, 0.1) is 13.8 Å². The monoisotopic (exact) mass is 501 g/mol. The third kappa shape index (κ3) is 8.31. The minimum Gasteiger partial charge on any atom is -0.456 e. The van der Waals surface area contributed by atoms with Crippen molar-refractivity contribution in [1.29, 1.82) is 0 Å². The number of pyridine rings is 1. The Morgan fingerprint density at radius 3 is 2.49 bits per heavy atom. The van der Waals surface area contributed by atoms with Crippen molar-refractivity contribution in [1.82, 2.24) is 10.3 Å². The number of nitrogens with one attached hydrogen (secondary N) is 1. The van der Waals surface area contributed by atoms with E-state index >= 15 is 0 Å². The Kier molecular flexibility index (Phi) is 11.0. The summed E-state index contributed by atoms with van der Waals surface area (Å²) in [7, 11) is 0. The van der Waals surface area contributed by atoms with E-state index in [1.807, 2.05) is 20.8 Å². The Morgan fingerprint density at radius 1 is 1.22 bits per heavy atom. The lowest BCUT2D eigenvalue weighted by Crippen LogP contribution is -2.13. The van der Waals surface area contributed by atoms with Crippen LogP contribution in [0.3, 0.4) is 0 Å². The van der Waals surface area contributed by atoms with E-state index in [0.717, 1.165) is 40.6 Å². The van der Waals surface area contributed by atoms with Crippen LogP contribution in [0.2, 0.25) is 0 Å². The lowest BCUT2D eigenvalue weighted by molar-refractivity contribution is -0.108. The molecule has 0 fully saturated rings. The first-order valence-electron chi connectivity index (χ1n) is 12.0. The van der Waals surface area contributed by atoms with E-state index in [-0.39, 0.29) is 6.04 Å². The van der Waals surface area contributed by atoms with Crippen molar-refractivity contribution < 1.29 is 14.3 Å². The van der Waals surface area contributed by atoms with Gasteiger partial charge in [-0.05, 0) is 74.6 Å². The zero-order chi connectivity index (χ0) is 27.4. The Labute approximate surface area is 218 Å². The highest BCUT2D eigenvalue weighted by Crippen LogP contribution is 2.34. The lowest BCUT2D eigenvalue weighted by Gasteiger charge is -2.15. The van der Waals surface area contributed by atoms with Gasteiger partial charge in [-0.15, -0.1) is 6.58 Å². The molecular weight excluding hydrogens is 466 g/mol. The first-order chi connectivity index (χ1) is 17.7. The van der Waals surface area contributed by atoms with Crippen molar-refractivity contribution in [2.45, 2.75) is 46.6 Å². The summed E-state index contributed by atoms with van der Waals surface area (Å²) in [4.78, 5) is 30.0. The highest BCUT2D eigenvalue weighted by Gasteiger charge is 2.12. The third-order valence-corrected chi connectivity index (χ3v) is 5.51. The molecule has 0 aliphatic carbocycles. The Hall–Kier alpha value is -4.46. The normalized spacial score (nSPS) is 11.9. The van der Waals surface area contributed by atoms with Crippen molar-refractivity contribution in [3.63, 3.8) is 0 Å². The molecule has 2 aromatic carbocycles. The van der Waals surface area contributed by atoms with Gasteiger partial charge in [0.2, 0.25) is 12.3 Å². The predicted molar refractivity (Wildman–Crippen MR) is 150 cm³/mol. The largest absolute Gasteiger partial charge is 0.456 e. The summed E-state index contributed by atoms with van der Waals surface area (Å²) in [5, 5.41) is 3.18. The summed E-state index contributed by atoms with van der Waals surface area (Å²) < 4.78 is 6.20. The Balaban J connectivity index is 0.000000317. The number of rotatable bonds is 10. The number of aryl methyl sites for hydroxylation is 3. The minimum atomic E-state index is -0.466. The average Bonchev–Trinajstić information content (AvgIpc) is 2.88. The zero-order valence-electron chi connectivity index (χ0n) is 21.8. The van der Waals surface area contributed by atoms with Gasteiger partial charge in [0.25, 0.3) is 0 Å². The summed E-state index contributed by atoms with van der Waals surface area (Å²) in [6.07, 6.45) is 8.66. The topological polar surface area (TPSA) is 133 Å². The van der Waals surface area contributed by atoms with Gasteiger partial charge in [-0.25, -0.2) is 0 Å². The molecule has 0 radical (unpaired) electrons. The van der Waals surface area contributed by atoms with E-state index in [1.165, 1.54) is 18.0 Å². The minimum absolute atomic E-state index is 0.154. The predicted octanol–water partition coefficient (Wildman–Crippen LogP) is 4.87. The standard InChI is InChI=1S/C20H20N2O2.C9H15N3O/c1-4-14-9-12(2)19(13(3)10-14)24-18-7-8-22-17-6-5-15(20(21)23)11-16(17)18;1-3-4-8(2)11-6-9(5-10)12-7-13/h5-11H,4H2,1-3H3,(H2,21,23);3,5-8H,1,4,10H2,2H3,(H,12,13)/b;9-5+,11-6?. The number of hydrogen-bond acceptors (Lipinski definition) is 6. The van der Waals surface area contributed by atoms with Gasteiger partial charge < -0.3 is 21.5 Å². The molecule has 37 heavy (non-hydrogen) atoms. The molecule has 1 aromatic heterocycles. The number of ether oxygens (including phenoxy) is 1. The molecule has 1 atom stereocenters. The number of allylic oxidation sites excluding steroid dienone is 1. The molecule has 2 amide bonds. The maximum Gasteiger partial charge on any atom is 0.248 e. The van der Waals surface area contributed by atoms with E-state index in [0.29, 0.717) is 23.4 Å². The van der Waals surface area contributed by atoms with Gasteiger partial charge in [0.05, 0.1) is 17.3 Å². The van der Waals surface area contributed by atoms with E-state index in [4.69, 9.17) is 16.2 Å². The van der Waals surface area contributed by atoms with Gasteiger partial charge in [-0.1, -0.05) is 25.1 Å². The molecule has 5 N–H and O–H groups in total. The third-order valence-electron chi connectivity index (χ3n) is 5.51. The van der Waals surface area contributed by atoms with Crippen molar-refractivity contribution in [3.8, 4) is 11.5 Å². The molecule has 0 aliphatic rings. The first kappa shape index (κ1) is 28.8. The van der Waals surface area contributed by atoms with Crippen molar-refractivity contribution in [3.05, 3.63) is 89.4 Å². The van der Waals surface area contributed by atoms with Crippen LogP contribution in [-0.4, -0.2) is 29.6 Å². The fourth-order valence-electron chi connectivity index (χ4n) is 3.58. The fraction of sp³-hybridized carbons (Fsp3) is 0.241. The van der Waals surface area contributed by atoms with E-state index < -0.39 is 5.91 Å². The number of hydrogen-bond donors (Lipinski definition) is 3. The number of fused-ring (bicyclic) bond motifs is 1. The summed E-state index contributed by atoms with van der Waals surface area (Å²) in [5.74, 6) is 1.04. The van der Waals surface area contributed by atoms with Crippen molar-refractivity contribution in [2.24, 2.45) is 16.5 Å². The number of nitrogens with zero attached hydrogens (tertiary/aromatic N) is 2. The second kappa shape index (κ2) is 14.2. The summed E-state index contributed by atoms with van der Waals surface area (Å²) >= 11 is 0. The van der Waals surface area contributed by atoms with Gasteiger partial charge in [0.15, 0.2) is 0 Å². The maximum atomic E-state index is 11.5. The Bertz CT molecular complexity index is 1290. The van der Waals surface area contributed by atoms with Crippen LogP contribution in [0.5, 0.6) is 11.5 Å². The molecule has 0 bridgehead atoms. The number of carbonyl (C=O) groups is 2. The highest BCUT2D eigenvalue weighted by atomic mass is 16.5. The van der Waals surface area contributed by atoms with E-state index in [1.54, 1.807) is 36.5 Å². The van der Waals surface area contributed by atoms with Crippen LogP contribution in [0.4, 0.5) is 0 Å². The number of primary amides is 1. The second-order valence-electron chi connectivity index (χ2n) is 8.46. The van der Waals surface area contributed by atoms with Gasteiger partial charge in [0, 0.05) is 29.6 Å². The van der Waals surface area contributed by atoms with Gasteiger partial charge in [-0.3, -0.25) is 19.6 Å². The SMILES string of the molecule is C=CCC(C)N=C/C(=C\N)NC=O.CCc1cc(C)c(Oc2ccnc3ccc(C(N)=O)cc23)c(C)c1. The number of amides is 2. The van der Waals surface area contributed by atoms with Crippen LogP contribution in [0.1, 0.15) is 47.3 Å². The van der Waals surface area contributed by atoms with Crippen LogP contribution >= 0.6 is 0 Å². The van der Waals surface area contributed by atoms with Crippen LogP contribution in [-0.2, 0) is 11.2 Å². The summed E-state index contributed by atoms with van der Waals surface area (Å²) in [6, 6.07) is 11.4. The molecule has 3 aromatic rings. The van der Waals surface area contributed by atoms with Crippen molar-refractivity contribution in [2.75, 3.05) is 0 Å². The number of nitrogens with two attached hydrogens (primary N) is 2. The summed E-state index contributed by atoms with van der Waals surface area (Å²) in [6.45, 7) is 11.8. The average molecular weight is 502 g/mol. The number of carbonyl (C=O) groups excluding carboxylic acids is 2. The molecule has 0 saturated carbocycles. The van der Waals surface area contributed by atoms with Crippen LogP contribution < -0.4 is 21.5 Å². The molecule has 194 valence electrons. The number of benzene rings is 2. The smallest absolute Gasteiger partial charge is 0.248 e. The molecule has 1 heterocycles. The van der Waals surface area contributed by atoms with Gasteiger partial charge >= 0.3 is 0 Å². The lowest BCUT2D eigenvalue weighted by atomic mass is 10.0. The molecule has 1 unspecified atom stereocenters. The highest BCUT2D eigenvalue weighted by molar-refractivity contribution is 5.98. The van der Waals surface area contributed by atoms with Crippen LogP contribution in [0.15, 0.2) is 72.1 Å². The number of aromatic nitrogens is 1. The van der Waals surface area contributed by atoms with E-state index in [9.17, 15) is 9.59 Å². The molecule has 8 heteroatoms. The molecule has 0 spiro atoms. The van der Waals surface area contributed by atoms with Crippen molar-refractivity contribution >= 4 is 29.4 Å². The summed E-state index contributed by atoms with van der Waals surface area (Å²) in [5.41, 5.74) is 15.8. The molecule has 0 saturated heterocycles. The molecular formula is C29H35N5O3. The zero-order valence-corrected chi connectivity index (χ0v) is 21.8. The van der Waals surface area contributed by atoms with Crippen LogP contribution in [0.25, 0.3) is 10.9 Å². The quantitative estimate of drug-likeness (QED) is 0.207. The Morgan fingerprint density at radius 2 is 1.92 bits per heavy atom. The van der Waals surface area contributed by atoms with Gasteiger partial charge in [-0.2, -0.15) is 0 Å². The molecule has 3 rings (SSSR count). The number of aliphatic imine (C=N–C) groups is 1. The van der Waals surface area contributed by atoms with Gasteiger partial charge in [0.1, 0.15) is 11.5 Å².